The summed E-state index contributed by atoms with van der Waals surface area (Å²) in [5, 5.41) is 11.2. The summed E-state index contributed by atoms with van der Waals surface area (Å²) in [6.07, 6.45) is 1.50. The van der Waals surface area contributed by atoms with Crippen molar-refractivity contribution in [3.8, 4) is 0 Å². The highest BCUT2D eigenvalue weighted by atomic mass is 16.6. The summed E-state index contributed by atoms with van der Waals surface area (Å²) >= 11 is 0. The first-order chi connectivity index (χ1) is 9.38. The molecular weight excluding hydrogens is 262 g/mol. The smallest absolute Gasteiger partial charge is 0.325 e. The van der Waals surface area contributed by atoms with Crippen LogP contribution in [0, 0.1) is 17.0 Å². The second-order valence-corrected chi connectivity index (χ2v) is 4.58. The Morgan fingerprint density at radius 2 is 2.20 bits per heavy atom. The molecule has 0 spiro atoms. The van der Waals surface area contributed by atoms with Gasteiger partial charge in [0, 0.05) is 17.8 Å². The van der Waals surface area contributed by atoms with Gasteiger partial charge in [0.05, 0.1) is 11.5 Å². The molecule has 0 radical (unpaired) electrons. The Hall–Kier alpha value is -2.18. The van der Waals surface area contributed by atoms with Crippen LogP contribution in [-0.2, 0) is 9.53 Å². The number of esters is 1. The molecule has 0 amide bonds. The number of hydrogen-bond acceptors (Lipinski definition) is 6. The van der Waals surface area contributed by atoms with Gasteiger partial charge in [0.15, 0.2) is 0 Å². The van der Waals surface area contributed by atoms with Gasteiger partial charge in [-0.05, 0) is 33.8 Å². The van der Waals surface area contributed by atoms with Gasteiger partial charge in [-0.3, -0.25) is 14.9 Å². The Morgan fingerprint density at radius 3 is 2.70 bits per heavy atom. The largest absolute Gasteiger partial charge is 0.465 e. The Kier molecular flexibility index (Phi) is 5.42. The molecule has 0 N–H and O–H groups in total. The number of carbonyl (C=O) groups excluding carboxylic acids is 1. The summed E-state index contributed by atoms with van der Waals surface area (Å²) in [5.41, 5.74) is 0.431. The van der Waals surface area contributed by atoms with E-state index in [0.717, 1.165) is 0 Å². The molecule has 0 saturated carbocycles. The molecular formula is C13H19N3O4. The van der Waals surface area contributed by atoms with E-state index in [0.29, 0.717) is 5.56 Å². The molecule has 110 valence electrons. The van der Waals surface area contributed by atoms with Gasteiger partial charge in [-0.15, -0.1) is 0 Å². The molecule has 0 saturated heterocycles. The molecule has 0 atom stereocenters. The van der Waals surface area contributed by atoms with Crippen LogP contribution in [0.3, 0.4) is 0 Å². The number of nitro groups is 1. The molecule has 1 rings (SSSR count). The third kappa shape index (κ3) is 3.66. The lowest BCUT2D eigenvalue weighted by Gasteiger charge is -2.26. The number of anilines is 1. The summed E-state index contributed by atoms with van der Waals surface area (Å²) in [4.78, 5) is 28.0. The lowest BCUT2D eigenvalue weighted by atomic mass is 10.2. The Labute approximate surface area is 117 Å². The standard InChI is InChI=1S/C13H19N3O4/c1-5-20-11(17)8-15(9(2)3)13-12(16(18)19)10(4)6-7-14-13/h6-7,9H,5,8H2,1-4H3. The lowest BCUT2D eigenvalue weighted by molar-refractivity contribution is -0.384. The van der Waals surface area contributed by atoms with Crippen LogP contribution in [0.1, 0.15) is 26.3 Å². The van der Waals surface area contributed by atoms with E-state index in [1.807, 2.05) is 13.8 Å². The van der Waals surface area contributed by atoms with Crippen molar-refractivity contribution in [1.82, 2.24) is 4.98 Å². The number of carbonyl (C=O) groups is 1. The summed E-state index contributed by atoms with van der Waals surface area (Å²) in [7, 11) is 0. The molecule has 1 heterocycles. The van der Waals surface area contributed by atoms with Gasteiger partial charge < -0.3 is 9.64 Å². The maximum atomic E-state index is 11.6. The van der Waals surface area contributed by atoms with Crippen LogP contribution in [-0.4, -0.2) is 35.1 Å². The van der Waals surface area contributed by atoms with E-state index in [1.54, 1.807) is 24.8 Å². The molecule has 1 aromatic rings. The molecule has 0 fully saturated rings. The first kappa shape index (κ1) is 15.9. The average Bonchev–Trinajstić information content (AvgIpc) is 2.35. The Balaban J connectivity index is 3.19. The topological polar surface area (TPSA) is 85.6 Å². The highest BCUT2D eigenvalue weighted by Crippen LogP contribution is 2.30. The van der Waals surface area contributed by atoms with Crippen LogP contribution in [0.25, 0.3) is 0 Å². The third-order valence-electron chi connectivity index (χ3n) is 2.79. The van der Waals surface area contributed by atoms with Crippen LogP contribution >= 0.6 is 0 Å². The third-order valence-corrected chi connectivity index (χ3v) is 2.79. The van der Waals surface area contributed by atoms with Crippen molar-refractivity contribution in [1.29, 1.82) is 0 Å². The number of nitrogens with zero attached hydrogens (tertiary/aromatic N) is 3. The number of rotatable bonds is 6. The van der Waals surface area contributed by atoms with E-state index in [2.05, 4.69) is 4.98 Å². The maximum Gasteiger partial charge on any atom is 0.325 e. The Morgan fingerprint density at radius 1 is 1.55 bits per heavy atom. The van der Waals surface area contributed by atoms with Crippen LogP contribution < -0.4 is 4.90 Å². The fraction of sp³-hybridized carbons (Fsp3) is 0.538. The molecule has 0 aliphatic rings. The summed E-state index contributed by atoms with van der Waals surface area (Å²) in [6, 6.07) is 1.46. The van der Waals surface area contributed by atoms with Crippen LogP contribution in [0.15, 0.2) is 12.3 Å². The molecule has 20 heavy (non-hydrogen) atoms. The van der Waals surface area contributed by atoms with Gasteiger partial charge in [-0.1, -0.05) is 0 Å². The van der Waals surface area contributed by atoms with Gasteiger partial charge in [0.1, 0.15) is 6.54 Å². The molecule has 0 aliphatic carbocycles. The monoisotopic (exact) mass is 281 g/mol. The number of hydrogen-bond donors (Lipinski definition) is 0. The van der Waals surface area contributed by atoms with Gasteiger partial charge in [-0.2, -0.15) is 0 Å². The number of aromatic nitrogens is 1. The molecule has 0 unspecified atom stereocenters. The van der Waals surface area contributed by atoms with Gasteiger partial charge in [0.2, 0.25) is 5.82 Å². The maximum absolute atomic E-state index is 11.6. The zero-order valence-electron chi connectivity index (χ0n) is 12.1. The first-order valence-corrected chi connectivity index (χ1v) is 6.40. The average molecular weight is 281 g/mol. The highest BCUT2D eigenvalue weighted by Gasteiger charge is 2.27. The van der Waals surface area contributed by atoms with Crippen LogP contribution in [0.4, 0.5) is 11.5 Å². The molecule has 7 heteroatoms. The second kappa shape index (κ2) is 6.83. The fourth-order valence-electron chi connectivity index (χ4n) is 1.82. The normalized spacial score (nSPS) is 10.4. The predicted molar refractivity (Wildman–Crippen MR) is 74.7 cm³/mol. The predicted octanol–water partition coefficient (Wildman–Crippen LogP) is 2.08. The zero-order valence-corrected chi connectivity index (χ0v) is 12.1. The SMILES string of the molecule is CCOC(=O)CN(c1nccc(C)c1[N+](=O)[O-])C(C)C. The highest BCUT2D eigenvalue weighted by molar-refractivity contribution is 5.77. The molecule has 0 aromatic carbocycles. The molecule has 7 nitrogen and oxygen atoms in total. The van der Waals surface area contributed by atoms with Crippen molar-refractivity contribution in [2.24, 2.45) is 0 Å². The van der Waals surface area contributed by atoms with E-state index in [1.165, 1.54) is 6.20 Å². The lowest BCUT2D eigenvalue weighted by Crippen LogP contribution is -2.37. The number of aryl methyl sites for hydroxylation is 1. The van der Waals surface area contributed by atoms with Gasteiger partial charge in [0.25, 0.3) is 0 Å². The van der Waals surface area contributed by atoms with Gasteiger partial charge in [-0.25, -0.2) is 4.98 Å². The minimum Gasteiger partial charge on any atom is -0.465 e. The van der Waals surface area contributed by atoms with E-state index >= 15 is 0 Å². The van der Waals surface area contributed by atoms with Crippen LogP contribution in [0.5, 0.6) is 0 Å². The first-order valence-electron chi connectivity index (χ1n) is 6.40. The number of pyridine rings is 1. The van der Waals surface area contributed by atoms with Gasteiger partial charge >= 0.3 is 11.7 Å². The molecule has 0 bridgehead atoms. The van der Waals surface area contributed by atoms with Crippen molar-refractivity contribution < 1.29 is 14.5 Å². The summed E-state index contributed by atoms with van der Waals surface area (Å²) < 4.78 is 4.90. The quantitative estimate of drug-likeness (QED) is 0.451. The van der Waals surface area contributed by atoms with Crippen molar-refractivity contribution in [3.63, 3.8) is 0 Å². The summed E-state index contributed by atoms with van der Waals surface area (Å²) in [6.45, 7) is 7.24. The van der Waals surface area contributed by atoms with Crippen LogP contribution in [0.2, 0.25) is 0 Å². The fourth-order valence-corrected chi connectivity index (χ4v) is 1.82. The van der Waals surface area contributed by atoms with Crippen molar-refractivity contribution in [2.75, 3.05) is 18.1 Å². The van der Waals surface area contributed by atoms with E-state index in [-0.39, 0.29) is 30.7 Å². The summed E-state index contributed by atoms with van der Waals surface area (Å²) in [5.74, 6) is -0.239. The number of ether oxygens (including phenoxy) is 1. The minimum atomic E-state index is -0.474. The van der Waals surface area contributed by atoms with E-state index < -0.39 is 10.9 Å². The minimum absolute atomic E-state index is 0.0667. The second-order valence-electron chi connectivity index (χ2n) is 4.58. The Bertz CT molecular complexity index is 502. The van der Waals surface area contributed by atoms with Crippen molar-refractivity contribution in [2.45, 2.75) is 33.7 Å². The van der Waals surface area contributed by atoms with E-state index in [9.17, 15) is 14.9 Å². The van der Waals surface area contributed by atoms with Crippen molar-refractivity contribution >= 4 is 17.5 Å². The zero-order chi connectivity index (χ0) is 15.3. The van der Waals surface area contributed by atoms with E-state index in [4.69, 9.17) is 4.74 Å². The molecule has 1 aromatic heterocycles. The van der Waals surface area contributed by atoms with Crippen molar-refractivity contribution in [3.05, 3.63) is 27.9 Å². The molecule has 0 aliphatic heterocycles.